The molecule has 2 amide bonds. The molecule has 7 heteroatoms. The summed E-state index contributed by atoms with van der Waals surface area (Å²) in [7, 11) is 3.14. The monoisotopic (exact) mass is 398 g/mol. The van der Waals surface area contributed by atoms with Crippen LogP contribution in [0.25, 0.3) is 0 Å². The van der Waals surface area contributed by atoms with Crippen LogP contribution in [0.4, 0.5) is 5.69 Å². The Morgan fingerprint density at radius 3 is 2.31 bits per heavy atom. The summed E-state index contributed by atoms with van der Waals surface area (Å²) in [5, 5.41) is 2.82. The molecule has 0 heterocycles. The maximum absolute atomic E-state index is 12.3. The fourth-order valence-electron chi connectivity index (χ4n) is 2.86. The minimum atomic E-state index is -0.283. The third-order valence-corrected chi connectivity index (χ3v) is 4.43. The summed E-state index contributed by atoms with van der Waals surface area (Å²) in [5.74, 6) is 0.610. The van der Waals surface area contributed by atoms with Crippen LogP contribution < -0.4 is 19.7 Å². The number of anilines is 1. The van der Waals surface area contributed by atoms with Crippen LogP contribution in [0.1, 0.15) is 29.8 Å². The molecule has 0 radical (unpaired) electrons. The molecule has 0 spiro atoms. The second kappa shape index (κ2) is 10.3. The second-order valence-corrected chi connectivity index (χ2v) is 6.50. The zero-order chi connectivity index (χ0) is 21.4. The number of ketones is 1. The van der Waals surface area contributed by atoms with E-state index < -0.39 is 0 Å². The summed E-state index contributed by atoms with van der Waals surface area (Å²) < 4.78 is 10.5. The number of hydrogen-bond donors (Lipinski definition) is 1. The first-order valence-electron chi connectivity index (χ1n) is 9.22. The van der Waals surface area contributed by atoms with Crippen LogP contribution in [-0.2, 0) is 16.0 Å². The van der Waals surface area contributed by atoms with Gasteiger partial charge in [0.25, 0.3) is 0 Å². The summed E-state index contributed by atoms with van der Waals surface area (Å²) in [6.45, 7) is 3.13. The minimum absolute atomic E-state index is 0.102. The Labute approximate surface area is 170 Å². The van der Waals surface area contributed by atoms with Crippen LogP contribution >= 0.6 is 0 Å². The molecule has 0 bridgehead atoms. The van der Waals surface area contributed by atoms with E-state index in [4.69, 9.17) is 9.47 Å². The van der Waals surface area contributed by atoms with Crippen LogP contribution in [0.2, 0.25) is 0 Å². The van der Waals surface area contributed by atoms with Gasteiger partial charge in [0.2, 0.25) is 11.8 Å². The highest BCUT2D eigenvalue weighted by Gasteiger charge is 2.16. The van der Waals surface area contributed by atoms with Gasteiger partial charge in [-0.15, -0.1) is 0 Å². The topological polar surface area (TPSA) is 84.9 Å². The predicted molar refractivity (Wildman–Crippen MR) is 111 cm³/mol. The highest BCUT2D eigenvalue weighted by molar-refractivity contribution is 6.00. The van der Waals surface area contributed by atoms with Crippen molar-refractivity contribution in [1.82, 2.24) is 5.32 Å². The lowest BCUT2D eigenvalue weighted by molar-refractivity contribution is -0.123. The molecule has 0 aliphatic heterocycles. The molecular formula is C22H26N2O5. The Balaban J connectivity index is 1.97. The Bertz CT molecular complexity index is 895. The predicted octanol–water partition coefficient (Wildman–Crippen LogP) is 2.62. The lowest BCUT2D eigenvalue weighted by Gasteiger charge is -2.21. The van der Waals surface area contributed by atoms with Crippen LogP contribution in [0.15, 0.2) is 42.5 Å². The average molecular weight is 398 g/mol. The van der Waals surface area contributed by atoms with Gasteiger partial charge in [-0.25, -0.2) is 0 Å². The maximum atomic E-state index is 12.3. The van der Waals surface area contributed by atoms with Crippen molar-refractivity contribution >= 4 is 23.3 Å². The fraction of sp³-hybridized carbons (Fsp3) is 0.318. The smallest absolute Gasteiger partial charge is 0.240 e. The number of hydrogen-bond acceptors (Lipinski definition) is 5. The van der Waals surface area contributed by atoms with E-state index in [9.17, 15) is 14.4 Å². The molecule has 154 valence electrons. The second-order valence-electron chi connectivity index (χ2n) is 6.50. The molecule has 0 aromatic heterocycles. The van der Waals surface area contributed by atoms with Gasteiger partial charge in [0.15, 0.2) is 17.3 Å². The van der Waals surface area contributed by atoms with Crippen LogP contribution in [-0.4, -0.2) is 44.9 Å². The average Bonchev–Trinajstić information content (AvgIpc) is 2.71. The number of amides is 2. The number of Topliss-reactive ketones (excluding diaryl/α,β-unsaturated/α-hetero) is 1. The molecule has 7 nitrogen and oxygen atoms in total. The normalized spacial score (nSPS) is 10.2. The Kier molecular flexibility index (Phi) is 7.77. The Morgan fingerprint density at radius 1 is 0.966 bits per heavy atom. The number of benzene rings is 2. The van der Waals surface area contributed by atoms with Crippen molar-refractivity contribution in [3.05, 3.63) is 53.6 Å². The van der Waals surface area contributed by atoms with E-state index in [-0.39, 0.29) is 24.1 Å². The number of carbonyl (C=O) groups excluding carboxylic acids is 3. The molecule has 2 rings (SSSR count). The summed E-state index contributed by atoms with van der Waals surface area (Å²) in [6.07, 6.45) is 0.603. The zero-order valence-electron chi connectivity index (χ0n) is 17.2. The first kappa shape index (κ1) is 21.9. The van der Waals surface area contributed by atoms with Crippen molar-refractivity contribution < 1.29 is 23.9 Å². The van der Waals surface area contributed by atoms with Gasteiger partial charge in [-0.05, 0) is 43.2 Å². The van der Waals surface area contributed by atoms with E-state index in [0.717, 1.165) is 5.56 Å². The van der Waals surface area contributed by atoms with Crippen molar-refractivity contribution in [3.8, 4) is 11.5 Å². The van der Waals surface area contributed by atoms with Gasteiger partial charge < -0.3 is 19.7 Å². The van der Waals surface area contributed by atoms with Crippen LogP contribution in [0, 0.1) is 0 Å². The van der Waals surface area contributed by atoms with Gasteiger partial charge in [0.05, 0.1) is 14.2 Å². The summed E-state index contributed by atoms with van der Waals surface area (Å²) in [4.78, 5) is 37.3. The van der Waals surface area contributed by atoms with Gasteiger partial charge in [0.1, 0.15) is 6.54 Å². The third kappa shape index (κ3) is 6.07. The van der Waals surface area contributed by atoms with Crippen LogP contribution in [0.5, 0.6) is 11.5 Å². The minimum Gasteiger partial charge on any atom is -0.493 e. The number of rotatable bonds is 9. The van der Waals surface area contributed by atoms with Gasteiger partial charge >= 0.3 is 0 Å². The van der Waals surface area contributed by atoms with E-state index >= 15 is 0 Å². The number of nitrogens with one attached hydrogen (secondary N) is 1. The lowest BCUT2D eigenvalue weighted by Crippen LogP contribution is -2.40. The standard InChI is InChI=1S/C22H26N2O5/c1-15(25)18-6-5-7-19(13-18)24(16(2)26)14-22(27)23-11-10-17-8-9-20(28-3)21(12-17)29-4/h5-9,12-13H,10-11,14H2,1-4H3,(H,23,27). The molecule has 2 aromatic rings. The molecule has 29 heavy (non-hydrogen) atoms. The van der Waals surface area contributed by atoms with Crippen molar-refractivity contribution in [2.45, 2.75) is 20.3 Å². The van der Waals surface area contributed by atoms with Crippen molar-refractivity contribution in [2.24, 2.45) is 0 Å². The van der Waals surface area contributed by atoms with Gasteiger partial charge in [0, 0.05) is 24.7 Å². The number of ether oxygens (including phenoxy) is 2. The lowest BCUT2D eigenvalue weighted by atomic mass is 10.1. The quantitative estimate of drug-likeness (QED) is 0.657. The molecule has 0 saturated heterocycles. The highest BCUT2D eigenvalue weighted by Crippen LogP contribution is 2.27. The van der Waals surface area contributed by atoms with Crippen LogP contribution in [0.3, 0.4) is 0 Å². The van der Waals surface area contributed by atoms with Crippen molar-refractivity contribution in [1.29, 1.82) is 0 Å². The van der Waals surface area contributed by atoms with E-state index in [1.54, 1.807) is 38.5 Å². The molecule has 1 N–H and O–H groups in total. The fourth-order valence-corrected chi connectivity index (χ4v) is 2.86. The van der Waals surface area contributed by atoms with E-state index in [2.05, 4.69) is 5.32 Å². The third-order valence-electron chi connectivity index (χ3n) is 4.43. The maximum Gasteiger partial charge on any atom is 0.240 e. The number of methoxy groups -OCH3 is 2. The molecule has 0 aliphatic carbocycles. The van der Waals surface area contributed by atoms with E-state index in [0.29, 0.717) is 35.7 Å². The van der Waals surface area contributed by atoms with Gasteiger partial charge in [-0.2, -0.15) is 0 Å². The SMILES string of the molecule is COc1ccc(CCNC(=O)CN(C(C)=O)c2cccc(C(C)=O)c2)cc1OC. The molecular weight excluding hydrogens is 372 g/mol. The first-order valence-corrected chi connectivity index (χ1v) is 9.22. The van der Waals surface area contributed by atoms with E-state index in [1.165, 1.54) is 18.7 Å². The van der Waals surface area contributed by atoms with Gasteiger partial charge in [-0.1, -0.05) is 18.2 Å². The molecule has 2 aromatic carbocycles. The van der Waals surface area contributed by atoms with E-state index in [1.807, 2.05) is 18.2 Å². The first-order chi connectivity index (χ1) is 13.8. The molecule has 0 saturated carbocycles. The Hall–Kier alpha value is -3.35. The summed E-state index contributed by atoms with van der Waals surface area (Å²) in [6, 6.07) is 12.3. The molecule has 0 unspecified atom stereocenters. The number of nitrogens with zero attached hydrogens (tertiary/aromatic N) is 1. The largest absolute Gasteiger partial charge is 0.493 e. The highest BCUT2D eigenvalue weighted by atomic mass is 16.5. The number of carbonyl (C=O) groups is 3. The molecule has 0 aliphatic rings. The summed E-state index contributed by atoms with van der Waals surface area (Å²) >= 11 is 0. The Morgan fingerprint density at radius 2 is 1.69 bits per heavy atom. The zero-order valence-corrected chi connectivity index (χ0v) is 17.2. The van der Waals surface area contributed by atoms with Crippen molar-refractivity contribution in [3.63, 3.8) is 0 Å². The van der Waals surface area contributed by atoms with Gasteiger partial charge in [-0.3, -0.25) is 14.4 Å². The molecule has 0 fully saturated rings. The van der Waals surface area contributed by atoms with Crippen molar-refractivity contribution in [2.75, 3.05) is 32.2 Å². The molecule has 0 atom stereocenters. The summed E-state index contributed by atoms with van der Waals surface area (Å²) in [5.41, 5.74) is 1.99.